The minimum Gasteiger partial charge on any atom is -0.330 e. The Kier molecular flexibility index (Phi) is 20.3. The topological polar surface area (TPSA) is 26.0 Å². The summed E-state index contributed by atoms with van der Waals surface area (Å²) in [5.41, 5.74) is 6.76. The number of unbranched alkanes of at least 4 members (excludes halogenated alkanes) is 7. The molecule has 0 aromatic heterocycles. The van der Waals surface area contributed by atoms with Crippen LogP contribution in [0.15, 0.2) is 12.2 Å². The van der Waals surface area contributed by atoms with Crippen molar-refractivity contribution in [1.29, 1.82) is 0 Å². The number of allylic oxidation sites excluding steroid dienone is 1. The van der Waals surface area contributed by atoms with E-state index in [-0.39, 0.29) is 0 Å². The van der Waals surface area contributed by atoms with E-state index in [1.807, 2.05) is 0 Å². The second kappa shape index (κ2) is 18.1. The fourth-order valence-corrected chi connectivity index (χ4v) is 1.63. The van der Waals surface area contributed by atoms with E-state index in [1.165, 1.54) is 69.8 Å². The van der Waals surface area contributed by atoms with Gasteiger partial charge in [-0.3, -0.25) is 0 Å². The van der Waals surface area contributed by atoms with Crippen LogP contribution in [0.3, 0.4) is 0 Å². The lowest BCUT2D eigenvalue weighted by atomic mass is 10.1. The Morgan fingerprint density at radius 2 is 1.18 bits per heavy atom. The maximum atomic E-state index is 5.43. The lowest BCUT2D eigenvalue weighted by molar-refractivity contribution is 0.569. The lowest BCUT2D eigenvalue weighted by Crippen LogP contribution is -1.97. The minimum atomic E-state index is 0.860. The Bertz CT molecular complexity index is 140. The van der Waals surface area contributed by atoms with Gasteiger partial charge >= 0.3 is 0 Å². The van der Waals surface area contributed by atoms with Crippen molar-refractivity contribution in [3.63, 3.8) is 0 Å². The molecule has 0 unspecified atom stereocenters. The van der Waals surface area contributed by atoms with Gasteiger partial charge in [0.05, 0.1) is 0 Å². The molecule has 0 aliphatic carbocycles. The summed E-state index contributed by atoms with van der Waals surface area (Å²) in [7, 11) is 0. The molecule has 0 aliphatic rings. The third-order valence-electron chi connectivity index (χ3n) is 2.56. The lowest BCUT2D eigenvalue weighted by Gasteiger charge is -2.01. The van der Waals surface area contributed by atoms with Crippen molar-refractivity contribution in [2.24, 2.45) is 5.73 Å². The van der Waals surface area contributed by atoms with E-state index < -0.39 is 0 Å². The van der Waals surface area contributed by atoms with Gasteiger partial charge in [-0.2, -0.15) is 0 Å². The van der Waals surface area contributed by atoms with Gasteiger partial charge in [0.15, 0.2) is 0 Å². The fraction of sp³-hybridized carbons (Fsp3) is 0.875. The summed E-state index contributed by atoms with van der Waals surface area (Å²) >= 11 is 0. The quantitative estimate of drug-likeness (QED) is 0.399. The third kappa shape index (κ3) is 25.7. The molecule has 0 aromatic rings. The first-order valence-corrected chi connectivity index (χ1v) is 7.53. The van der Waals surface area contributed by atoms with E-state index in [0.29, 0.717) is 0 Å². The number of nitrogens with two attached hydrogens (primary N) is 1. The number of rotatable bonds is 10. The van der Waals surface area contributed by atoms with Crippen molar-refractivity contribution in [3.8, 4) is 0 Å². The molecule has 0 bridgehead atoms. The average Bonchev–Trinajstić information content (AvgIpc) is 2.27. The molecule has 0 spiro atoms. The Hall–Kier alpha value is -0.300. The molecular formula is C16H35N. The first-order valence-electron chi connectivity index (χ1n) is 7.53. The molecule has 0 saturated heterocycles. The molecular weight excluding hydrogens is 206 g/mol. The SMILES string of the molecule is C=C(C)CCCCCCCCCCN.CCC. The van der Waals surface area contributed by atoms with Gasteiger partial charge in [0.2, 0.25) is 0 Å². The molecule has 1 nitrogen and oxygen atoms in total. The molecule has 0 amide bonds. The van der Waals surface area contributed by atoms with E-state index in [9.17, 15) is 0 Å². The van der Waals surface area contributed by atoms with Crippen LogP contribution in [0.5, 0.6) is 0 Å². The summed E-state index contributed by atoms with van der Waals surface area (Å²) in [4.78, 5) is 0. The molecule has 2 N–H and O–H groups in total. The fourth-order valence-electron chi connectivity index (χ4n) is 1.63. The molecule has 0 rings (SSSR count). The van der Waals surface area contributed by atoms with Gasteiger partial charge in [0.25, 0.3) is 0 Å². The second-order valence-corrected chi connectivity index (χ2v) is 5.03. The minimum absolute atomic E-state index is 0.860. The van der Waals surface area contributed by atoms with Gasteiger partial charge in [-0.1, -0.05) is 64.4 Å². The summed E-state index contributed by atoms with van der Waals surface area (Å²) in [6, 6.07) is 0. The van der Waals surface area contributed by atoms with Crippen molar-refractivity contribution in [3.05, 3.63) is 12.2 Å². The first-order chi connectivity index (χ1) is 8.18. The summed E-state index contributed by atoms with van der Waals surface area (Å²) in [6.07, 6.45) is 13.3. The number of hydrogen-bond acceptors (Lipinski definition) is 1. The largest absolute Gasteiger partial charge is 0.330 e. The first kappa shape index (κ1) is 19.0. The highest BCUT2D eigenvalue weighted by molar-refractivity contribution is 4.86. The monoisotopic (exact) mass is 241 g/mol. The molecule has 17 heavy (non-hydrogen) atoms. The molecule has 0 aliphatic heterocycles. The van der Waals surface area contributed by atoms with E-state index in [4.69, 9.17) is 5.73 Å². The zero-order valence-electron chi connectivity index (χ0n) is 12.6. The molecule has 0 radical (unpaired) electrons. The van der Waals surface area contributed by atoms with Crippen LogP contribution >= 0.6 is 0 Å². The van der Waals surface area contributed by atoms with E-state index in [1.54, 1.807) is 0 Å². The van der Waals surface area contributed by atoms with Crippen LogP contribution in [0.2, 0.25) is 0 Å². The maximum Gasteiger partial charge on any atom is -0.00773 e. The highest BCUT2D eigenvalue weighted by Crippen LogP contribution is 2.11. The van der Waals surface area contributed by atoms with Crippen molar-refractivity contribution in [2.75, 3.05) is 6.54 Å². The van der Waals surface area contributed by atoms with Gasteiger partial charge in [-0.25, -0.2) is 0 Å². The van der Waals surface area contributed by atoms with E-state index in [2.05, 4.69) is 27.4 Å². The van der Waals surface area contributed by atoms with Crippen LogP contribution in [0.1, 0.15) is 85.0 Å². The highest BCUT2D eigenvalue weighted by Gasteiger charge is 1.92. The Labute approximate surface area is 110 Å². The molecule has 0 heterocycles. The van der Waals surface area contributed by atoms with Gasteiger partial charge in [0.1, 0.15) is 0 Å². The van der Waals surface area contributed by atoms with Crippen LogP contribution in [0.25, 0.3) is 0 Å². The molecule has 1 heteroatoms. The van der Waals surface area contributed by atoms with Gasteiger partial charge in [-0.05, 0) is 32.7 Å². The standard InChI is InChI=1S/C13H27N.C3H8/c1-13(2)11-9-7-5-3-4-6-8-10-12-14;1-3-2/h1,3-12,14H2,2H3;3H2,1-2H3. The van der Waals surface area contributed by atoms with E-state index >= 15 is 0 Å². The predicted octanol–water partition coefficient (Wildman–Crippen LogP) is 5.45. The van der Waals surface area contributed by atoms with Gasteiger partial charge in [-0.15, -0.1) is 6.58 Å². The average molecular weight is 241 g/mol. The van der Waals surface area contributed by atoms with Gasteiger partial charge < -0.3 is 5.73 Å². The number of hydrogen-bond donors (Lipinski definition) is 1. The molecule has 0 atom stereocenters. The molecule has 0 fully saturated rings. The molecule has 0 aromatic carbocycles. The summed E-state index contributed by atoms with van der Waals surface area (Å²) in [5.74, 6) is 0. The van der Waals surface area contributed by atoms with Crippen LogP contribution in [0.4, 0.5) is 0 Å². The summed E-state index contributed by atoms with van der Waals surface area (Å²) < 4.78 is 0. The van der Waals surface area contributed by atoms with Crippen LogP contribution < -0.4 is 5.73 Å². The zero-order valence-corrected chi connectivity index (χ0v) is 12.6. The molecule has 104 valence electrons. The van der Waals surface area contributed by atoms with Gasteiger partial charge in [0, 0.05) is 0 Å². The predicted molar refractivity (Wildman–Crippen MR) is 81.4 cm³/mol. The van der Waals surface area contributed by atoms with Crippen molar-refractivity contribution in [1.82, 2.24) is 0 Å². The van der Waals surface area contributed by atoms with Crippen LogP contribution in [-0.4, -0.2) is 6.54 Å². The van der Waals surface area contributed by atoms with Crippen molar-refractivity contribution >= 4 is 0 Å². The molecule has 0 saturated carbocycles. The zero-order chi connectivity index (χ0) is 13.4. The van der Waals surface area contributed by atoms with Crippen molar-refractivity contribution < 1.29 is 0 Å². The van der Waals surface area contributed by atoms with Crippen LogP contribution in [0, 0.1) is 0 Å². The van der Waals surface area contributed by atoms with E-state index in [0.717, 1.165) is 6.54 Å². The normalized spacial score (nSPS) is 9.65. The van der Waals surface area contributed by atoms with Crippen LogP contribution in [-0.2, 0) is 0 Å². The maximum absolute atomic E-state index is 5.43. The summed E-state index contributed by atoms with van der Waals surface area (Å²) in [6.45, 7) is 11.1. The third-order valence-corrected chi connectivity index (χ3v) is 2.56. The summed E-state index contributed by atoms with van der Waals surface area (Å²) in [5, 5.41) is 0. The Morgan fingerprint density at radius 3 is 1.53 bits per heavy atom. The highest BCUT2D eigenvalue weighted by atomic mass is 14.5. The second-order valence-electron chi connectivity index (χ2n) is 5.03. The Balaban J connectivity index is 0. The Morgan fingerprint density at radius 1 is 0.824 bits per heavy atom. The van der Waals surface area contributed by atoms with Crippen molar-refractivity contribution in [2.45, 2.75) is 85.0 Å². The smallest absolute Gasteiger partial charge is 0.00773 e.